The number of nitrogens with zero attached hydrogens (tertiary/aromatic N) is 2. The highest BCUT2D eigenvalue weighted by Gasteiger charge is 2.19. The van der Waals surface area contributed by atoms with E-state index < -0.39 is 0 Å². The molecule has 1 atom stereocenters. The molecule has 24 heavy (non-hydrogen) atoms. The third kappa shape index (κ3) is 5.53. The second-order valence-corrected chi connectivity index (χ2v) is 6.18. The molecule has 2 rings (SSSR count). The van der Waals surface area contributed by atoms with Crippen LogP contribution in [0.1, 0.15) is 12.5 Å². The molecule has 0 spiro atoms. The van der Waals surface area contributed by atoms with Gasteiger partial charge in [0.15, 0.2) is 0 Å². The van der Waals surface area contributed by atoms with Gasteiger partial charge in [-0.15, -0.1) is 0 Å². The van der Waals surface area contributed by atoms with Gasteiger partial charge in [0.05, 0.1) is 13.2 Å². The molecule has 0 saturated carbocycles. The number of urea groups is 1. The summed E-state index contributed by atoms with van der Waals surface area (Å²) >= 11 is 0. The van der Waals surface area contributed by atoms with Crippen LogP contribution in [0, 0.1) is 5.92 Å². The molecule has 0 aliphatic carbocycles. The van der Waals surface area contributed by atoms with Crippen LogP contribution in [0.5, 0.6) is 0 Å². The molecule has 6 heteroatoms. The minimum atomic E-state index is -0.0866. The summed E-state index contributed by atoms with van der Waals surface area (Å²) in [6.45, 7) is 5.32. The lowest BCUT2D eigenvalue weighted by Crippen LogP contribution is -2.48. The van der Waals surface area contributed by atoms with Crippen molar-refractivity contribution >= 4 is 11.9 Å². The van der Waals surface area contributed by atoms with Crippen molar-refractivity contribution in [3.05, 3.63) is 35.9 Å². The predicted octanol–water partition coefficient (Wildman–Crippen LogP) is 1.37. The summed E-state index contributed by atoms with van der Waals surface area (Å²) in [6.07, 6.45) is 0.726. The van der Waals surface area contributed by atoms with Crippen molar-refractivity contribution in [3.8, 4) is 0 Å². The highest BCUT2D eigenvalue weighted by atomic mass is 16.5. The average molecular weight is 333 g/mol. The highest BCUT2D eigenvalue weighted by Crippen LogP contribution is 2.10. The molecule has 1 N–H and O–H groups in total. The van der Waals surface area contributed by atoms with E-state index in [1.807, 2.05) is 37.3 Å². The van der Waals surface area contributed by atoms with Crippen molar-refractivity contribution in [2.45, 2.75) is 13.3 Å². The molecular weight excluding hydrogens is 306 g/mol. The van der Waals surface area contributed by atoms with E-state index in [-0.39, 0.29) is 17.9 Å². The van der Waals surface area contributed by atoms with Gasteiger partial charge in [0, 0.05) is 39.1 Å². The number of amides is 3. The summed E-state index contributed by atoms with van der Waals surface area (Å²) in [5, 5.41) is 2.86. The van der Waals surface area contributed by atoms with Crippen molar-refractivity contribution in [1.29, 1.82) is 0 Å². The molecule has 0 bridgehead atoms. The van der Waals surface area contributed by atoms with Gasteiger partial charge in [0.25, 0.3) is 0 Å². The first-order chi connectivity index (χ1) is 11.6. The fourth-order valence-electron chi connectivity index (χ4n) is 2.75. The summed E-state index contributed by atoms with van der Waals surface area (Å²) in [6, 6.07) is 9.92. The minimum Gasteiger partial charge on any atom is -0.378 e. The Hall–Kier alpha value is -2.08. The molecule has 0 radical (unpaired) electrons. The van der Waals surface area contributed by atoms with Crippen molar-refractivity contribution in [2.75, 3.05) is 46.4 Å². The SMILES string of the molecule is CC(Cc1ccccc1)C(=O)N(C)CCNC(=O)N1CCOCC1. The topological polar surface area (TPSA) is 61.9 Å². The molecule has 1 aliphatic heterocycles. The summed E-state index contributed by atoms with van der Waals surface area (Å²) in [7, 11) is 1.78. The number of hydrogen-bond acceptors (Lipinski definition) is 3. The van der Waals surface area contributed by atoms with Gasteiger partial charge in [-0.25, -0.2) is 4.79 Å². The molecule has 1 heterocycles. The maximum atomic E-state index is 12.4. The van der Waals surface area contributed by atoms with E-state index in [0.717, 1.165) is 12.0 Å². The van der Waals surface area contributed by atoms with Crippen LogP contribution in [-0.2, 0) is 16.0 Å². The van der Waals surface area contributed by atoms with Crippen molar-refractivity contribution in [1.82, 2.24) is 15.1 Å². The van der Waals surface area contributed by atoms with Crippen LogP contribution in [0.25, 0.3) is 0 Å². The second kappa shape index (κ2) is 9.27. The first-order valence-corrected chi connectivity index (χ1v) is 8.47. The van der Waals surface area contributed by atoms with Gasteiger partial charge in [-0.2, -0.15) is 0 Å². The number of carbonyl (C=O) groups excluding carboxylic acids is 2. The molecule has 1 aromatic rings. The second-order valence-electron chi connectivity index (χ2n) is 6.18. The third-order valence-electron chi connectivity index (χ3n) is 4.20. The van der Waals surface area contributed by atoms with Crippen LogP contribution < -0.4 is 5.32 Å². The summed E-state index contributed by atoms with van der Waals surface area (Å²) < 4.78 is 5.22. The van der Waals surface area contributed by atoms with Crippen LogP contribution >= 0.6 is 0 Å². The molecule has 6 nitrogen and oxygen atoms in total. The Morgan fingerprint density at radius 2 is 1.92 bits per heavy atom. The largest absolute Gasteiger partial charge is 0.378 e. The first kappa shape index (κ1) is 18.3. The molecule has 3 amide bonds. The zero-order valence-corrected chi connectivity index (χ0v) is 14.5. The number of hydrogen-bond donors (Lipinski definition) is 1. The number of ether oxygens (including phenoxy) is 1. The monoisotopic (exact) mass is 333 g/mol. The normalized spacial score (nSPS) is 15.7. The summed E-state index contributed by atoms with van der Waals surface area (Å²) in [5.74, 6) is 0.0202. The van der Waals surface area contributed by atoms with Crippen LogP contribution in [0.4, 0.5) is 4.79 Å². The Balaban J connectivity index is 1.70. The molecule has 132 valence electrons. The van der Waals surface area contributed by atoms with Gasteiger partial charge in [-0.1, -0.05) is 37.3 Å². The molecule has 1 fully saturated rings. The number of nitrogens with one attached hydrogen (secondary N) is 1. The van der Waals surface area contributed by atoms with Gasteiger partial charge >= 0.3 is 6.03 Å². The lowest BCUT2D eigenvalue weighted by molar-refractivity contribution is -0.133. The Bertz CT molecular complexity index is 530. The standard InChI is InChI=1S/C18H27N3O3/c1-15(14-16-6-4-3-5-7-16)17(22)20(2)9-8-19-18(23)21-10-12-24-13-11-21/h3-7,15H,8-14H2,1-2H3,(H,19,23). The van der Waals surface area contributed by atoms with Crippen molar-refractivity contribution in [2.24, 2.45) is 5.92 Å². The fraction of sp³-hybridized carbons (Fsp3) is 0.556. The van der Waals surface area contributed by atoms with Crippen LogP contribution in [-0.4, -0.2) is 68.2 Å². The maximum Gasteiger partial charge on any atom is 0.317 e. The van der Waals surface area contributed by atoms with E-state index in [2.05, 4.69) is 5.32 Å². The molecule has 0 aromatic heterocycles. The molecule has 1 aromatic carbocycles. The number of benzene rings is 1. The number of rotatable bonds is 6. The van der Waals surface area contributed by atoms with E-state index in [1.165, 1.54) is 0 Å². The van der Waals surface area contributed by atoms with E-state index >= 15 is 0 Å². The number of likely N-dealkylation sites (N-methyl/N-ethyl adjacent to an activating group) is 1. The Morgan fingerprint density at radius 3 is 2.58 bits per heavy atom. The quantitative estimate of drug-likeness (QED) is 0.855. The Kier molecular flexibility index (Phi) is 7.06. The lowest BCUT2D eigenvalue weighted by atomic mass is 10.00. The van der Waals surface area contributed by atoms with Crippen LogP contribution in [0.3, 0.4) is 0 Å². The number of carbonyl (C=O) groups is 2. The first-order valence-electron chi connectivity index (χ1n) is 8.47. The molecule has 1 aliphatic rings. The van der Waals surface area contributed by atoms with E-state index in [0.29, 0.717) is 39.4 Å². The van der Waals surface area contributed by atoms with E-state index in [9.17, 15) is 9.59 Å². The van der Waals surface area contributed by atoms with Gasteiger partial charge in [0.1, 0.15) is 0 Å². The van der Waals surface area contributed by atoms with Crippen LogP contribution in [0.15, 0.2) is 30.3 Å². The zero-order chi connectivity index (χ0) is 17.4. The number of morpholine rings is 1. The van der Waals surface area contributed by atoms with E-state index in [1.54, 1.807) is 16.8 Å². The Morgan fingerprint density at radius 1 is 1.25 bits per heavy atom. The molecule has 1 unspecified atom stereocenters. The minimum absolute atomic E-state index is 0.0765. The van der Waals surface area contributed by atoms with Gasteiger partial charge < -0.3 is 19.9 Å². The van der Waals surface area contributed by atoms with Crippen molar-refractivity contribution < 1.29 is 14.3 Å². The smallest absolute Gasteiger partial charge is 0.317 e. The van der Waals surface area contributed by atoms with E-state index in [4.69, 9.17) is 4.74 Å². The van der Waals surface area contributed by atoms with Gasteiger partial charge in [-0.05, 0) is 12.0 Å². The zero-order valence-electron chi connectivity index (χ0n) is 14.5. The Labute approximate surface area is 143 Å². The van der Waals surface area contributed by atoms with Crippen LogP contribution in [0.2, 0.25) is 0 Å². The molecule has 1 saturated heterocycles. The predicted molar refractivity (Wildman–Crippen MR) is 92.7 cm³/mol. The molecular formula is C18H27N3O3. The van der Waals surface area contributed by atoms with Gasteiger partial charge in [-0.3, -0.25) is 4.79 Å². The fourth-order valence-corrected chi connectivity index (χ4v) is 2.75. The third-order valence-corrected chi connectivity index (χ3v) is 4.20. The average Bonchev–Trinajstić information content (AvgIpc) is 2.62. The summed E-state index contributed by atoms with van der Waals surface area (Å²) in [4.78, 5) is 27.8. The highest BCUT2D eigenvalue weighted by molar-refractivity contribution is 5.78. The maximum absolute atomic E-state index is 12.4. The summed E-state index contributed by atoms with van der Waals surface area (Å²) in [5.41, 5.74) is 1.16. The lowest BCUT2D eigenvalue weighted by Gasteiger charge is -2.27. The van der Waals surface area contributed by atoms with Gasteiger partial charge in [0.2, 0.25) is 5.91 Å². The van der Waals surface area contributed by atoms with Crippen molar-refractivity contribution in [3.63, 3.8) is 0 Å².